The highest BCUT2D eigenvalue weighted by Crippen LogP contribution is 2.36. The number of sulfonamides is 1. The van der Waals surface area contributed by atoms with E-state index >= 15 is 0 Å². The summed E-state index contributed by atoms with van der Waals surface area (Å²) in [5.74, 6) is -0.0618. The monoisotopic (exact) mass is 848 g/mol. The zero-order valence-electron chi connectivity index (χ0n) is 33.0. The second-order valence-electron chi connectivity index (χ2n) is 15.1. The number of piperazine rings is 1. The largest absolute Gasteiger partial charge is 0.456 e. The van der Waals surface area contributed by atoms with Crippen LogP contribution in [0.5, 0.6) is 11.5 Å². The molecular formula is C45H45ClN6O7S. The molecule has 8 rings (SSSR count). The molecule has 2 aliphatic rings. The van der Waals surface area contributed by atoms with E-state index in [-0.39, 0.29) is 29.0 Å². The van der Waals surface area contributed by atoms with Gasteiger partial charge in [0.2, 0.25) is 0 Å². The molecule has 0 spiro atoms. The first-order valence-electron chi connectivity index (χ1n) is 19.9. The summed E-state index contributed by atoms with van der Waals surface area (Å²) in [6, 6.07) is 32.4. The summed E-state index contributed by atoms with van der Waals surface area (Å²) in [5, 5.41) is 16.8. The number of nitrogens with zero attached hydrogens (tertiary/aromatic N) is 3. The Balaban J connectivity index is 1.01. The van der Waals surface area contributed by atoms with Crippen molar-refractivity contribution in [1.82, 2.24) is 14.6 Å². The van der Waals surface area contributed by atoms with Crippen LogP contribution in [0.4, 0.5) is 17.1 Å². The second kappa shape index (κ2) is 17.7. The molecule has 6 aromatic rings. The van der Waals surface area contributed by atoms with E-state index < -0.39 is 31.4 Å². The summed E-state index contributed by atoms with van der Waals surface area (Å²) in [4.78, 5) is 32.7. The average molecular weight is 849 g/mol. The molecule has 0 aliphatic carbocycles. The van der Waals surface area contributed by atoms with Crippen LogP contribution >= 0.6 is 11.6 Å². The first-order valence-corrected chi connectivity index (χ1v) is 21.8. The van der Waals surface area contributed by atoms with E-state index in [1.54, 1.807) is 24.3 Å². The molecule has 0 bridgehead atoms. The normalized spacial score (nSPS) is 15.7. The molecule has 5 aromatic carbocycles. The van der Waals surface area contributed by atoms with Crippen molar-refractivity contribution in [2.45, 2.75) is 30.7 Å². The fraction of sp³-hybridized carbons (Fsp3) is 0.267. The third-order valence-corrected chi connectivity index (χ3v) is 13.0. The molecular weight excluding hydrogens is 804 g/mol. The van der Waals surface area contributed by atoms with E-state index in [1.165, 1.54) is 17.7 Å². The maximum Gasteiger partial charge on any atom is 0.293 e. The number of hydrogen-bond donors (Lipinski definition) is 3. The van der Waals surface area contributed by atoms with E-state index in [0.29, 0.717) is 43.6 Å². The molecule has 3 N–H and O–H groups in total. The zero-order chi connectivity index (χ0) is 41.8. The van der Waals surface area contributed by atoms with E-state index in [9.17, 15) is 23.3 Å². The van der Waals surface area contributed by atoms with Crippen LogP contribution in [0.2, 0.25) is 5.02 Å². The number of nitrogens with one attached hydrogen (secondary N) is 3. The number of benzene rings is 5. The van der Waals surface area contributed by atoms with Gasteiger partial charge in [0.25, 0.3) is 21.6 Å². The summed E-state index contributed by atoms with van der Waals surface area (Å²) in [6.45, 7) is 6.89. The predicted molar refractivity (Wildman–Crippen MR) is 234 cm³/mol. The summed E-state index contributed by atoms with van der Waals surface area (Å²) in [7, 11) is -4.55. The number of hydrogen-bond acceptors (Lipinski definition) is 10. The number of carbonyl (C=O) groups is 1. The summed E-state index contributed by atoms with van der Waals surface area (Å²) >= 11 is 6.18. The van der Waals surface area contributed by atoms with Crippen LogP contribution in [0.1, 0.15) is 41.7 Å². The van der Waals surface area contributed by atoms with Crippen molar-refractivity contribution in [3.8, 4) is 22.6 Å². The zero-order valence-corrected chi connectivity index (χ0v) is 34.5. The second-order valence-corrected chi connectivity index (χ2v) is 17.2. The van der Waals surface area contributed by atoms with Gasteiger partial charge in [-0.25, -0.2) is 13.1 Å². The highest BCUT2D eigenvalue weighted by atomic mass is 35.5. The molecule has 1 aromatic heterocycles. The topological polar surface area (TPSA) is 159 Å². The van der Waals surface area contributed by atoms with Crippen molar-refractivity contribution in [2.24, 2.45) is 5.92 Å². The minimum absolute atomic E-state index is 0.0215. The Labute approximate surface area is 353 Å². The van der Waals surface area contributed by atoms with Crippen LogP contribution in [0.3, 0.4) is 0 Å². The Morgan fingerprint density at radius 1 is 0.950 bits per heavy atom. The van der Waals surface area contributed by atoms with Crippen molar-refractivity contribution in [3.63, 3.8) is 0 Å². The van der Waals surface area contributed by atoms with Crippen LogP contribution in [0.15, 0.2) is 120 Å². The van der Waals surface area contributed by atoms with Crippen molar-refractivity contribution >= 4 is 55.5 Å². The van der Waals surface area contributed by atoms with Crippen molar-refractivity contribution in [3.05, 3.63) is 142 Å². The maximum absolute atomic E-state index is 13.9. The lowest BCUT2D eigenvalue weighted by atomic mass is 9.94. The van der Waals surface area contributed by atoms with Gasteiger partial charge in [-0.3, -0.25) is 19.8 Å². The molecule has 13 nitrogen and oxygen atoms in total. The van der Waals surface area contributed by atoms with Gasteiger partial charge in [0.15, 0.2) is 0 Å². The lowest BCUT2D eigenvalue weighted by Gasteiger charge is -2.40. The van der Waals surface area contributed by atoms with Gasteiger partial charge in [0, 0.05) is 91.9 Å². The number of aromatic nitrogens is 1. The quantitative estimate of drug-likeness (QED) is 0.0756. The molecule has 3 heterocycles. The van der Waals surface area contributed by atoms with Gasteiger partial charge in [-0.1, -0.05) is 48.0 Å². The summed E-state index contributed by atoms with van der Waals surface area (Å²) < 4.78 is 41.2. The van der Waals surface area contributed by atoms with Crippen LogP contribution < -0.4 is 19.7 Å². The Kier molecular flexibility index (Phi) is 12.1. The molecule has 0 radical (unpaired) electrons. The summed E-state index contributed by atoms with van der Waals surface area (Å²) in [6.07, 6.45) is 3.46. The third-order valence-electron chi connectivity index (χ3n) is 11.4. The van der Waals surface area contributed by atoms with E-state index in [4.69, 9.17) is 21.1 Å². The number of carbonyl (C=O) groups excluding carboxylic acids is 1. The number of rotatable bonds is 13. The van der Waals surface area contributed by atoms with Crippen LogP contribution in [0.25, 0.3) is 22.0 Å². The predicted octanol–water partition coefficient (Wildman–Crippen LogP) is 9.03. The Bertz CT molecular complexity index is 2620. The number of nitro benzene ring substituents is 1. The number of halogens is 1. The third kappa shape index (κ3) is 9.11. The average Bonchev–Trinajstić information content (AvgIpc) is 3.74. The molecule has 310 valence electrons. The van der Waals surface area contributed by atoms with Crippen molar-refractivity contribution < 1.29 is 27.6 Å². The summed E-state index contributed by atoms with van der Waals surface area (Å²) in [5.41, 5.74) is 4.96. The number of fused-ring (bicyclic) bond motifs is 1. The van der Waals surface area contributed by atoms with Gasteiger partial charge >= 0.3 is 0 Å². The molecule has 15 heteroatoms. The van der Waals surface area contributed by atoms with Crippen molar-refractivity contribution in [1.29, 1.82) is 0 Å². The highest BCUT2D eigenvalue weighted by molar-refractivity contribution is 7.90. The molecule has 60 heavy (non-hydrogen) atoms. The number of ether oxygens (including phenoxy) is 2. The Morgan fingerprint density at radius 2 is 1.72 bits per heavy atom. The number of amides is 1. The Morgan fingerprint density at radius 3 is 2.48 bits per heavy atom. The van der Waals surface area contributed by atoms with Gasteiger partial charge in [0.05, 0.1) is 15.4 Å². The minimum Gasteiger partial charge on any atom is -0.456 e. The van der Waals surface area contributed by atoms with Gasteiger partial charge in [-0.05, 0) is 103 Å². The van der Waals surface area contributed by atoms with E-state index in [2.05, 4.69) is 49.9 Å². The minimum atomic E-state index is -4.55. The van der Waals surface area contributed by atoms with Crippen LogP contribution in [-0.4, -0.2) is 75.1 Å². The van der Waals surface area contributed by atoms with Gasteiger partial charge < -0.3 is 24.7 Å². The van der Waals surface area contributed by atoms with Gasteiger partial charge in [-0.2, -0.15) is 0 Å². The lowest BCUT2D eigenvalue weighted by Crippen LogP contribution is -2.47. The van der Waals surface area contributed by atoms with Gasteiger partial charge in [-0.15, -0.1) is 0 Å². The SMILES string of the molecule is CC(c1ccccc1-c1ccc(Cl)cc1)N1CCN(c2ccc(C(=O)NS(=O)(=O)c3ccc(NCC4CCOCC4)c([N+](=O)[O-])c3)c(Oc3ccc4[nH]ccc4c3)c2)CC1. The molecule has 1 atom stereocenters. The first kappa shape index (κ1) is 40.8. The molecule has 2 saturated heterocycles. The number of aromatic amines is 1. The molecule has 0 saturated carbocycles. The molecule has 2 fully saturated rings. The van der Waals surface area contributed by atoms with Crippen LogP contribution in [0, 0.1) is 16.0 Å². The molecule has 1 unspecified atom stereocenters. The fourth-order valence-corrected chi connectivity index (χ4v) is 9.05. The maximum atomic E-state index is 13.9. The van der Waals surface area contributed by atoms with Gasteiger partial charge in [0.1, 0.15) is 17.2 Å². The van der Waals surface area contributed by atoms with E-state index in [1.807, 2.05) is 54.7 Å². The van der Waals surface area contributed by atoms with Crippen LogP contribution in [-0.2, 0) is 14.8 Å². The number of H-pyrrole nitrogens is 1. The van der Waals surface area contributed by atoms with E-state index in [0.717, 1.165) is 59.7 Å². The standard InChI is InChI=1S/C45H45ClN6O7S/c1-30(38-4-2-3-5-39(38)32-6-8-34(46)9-7-32)50-20-22-51(23-21-50)35-10-13-40(44(27-35)59-36-11-14-41-33(26-36)16-19-47-41)45(53)49-60(56,57)37-12-15-42(43(28-37)52(54)55)48-29-31-17-24-58-25-18-31/h2-16,19,26-28,30-31,47-48H,17-18,20-25,29H2,1H3,(H,49,53). The smallest absolute Gasteiger partial charge is 0.293 e. The molecule has 2 aliphatic heterocycles. The lowest BCUT2D eigenvalue weighted by molar-refractivity contribution is -0.384. The molecule has 1 amide bonds. The number of anilines is 2. The van der Waals surface area contributed by atoms with Crippen molar-refractivity contribution in [2.75, 3.05) is 56.2 Å². The fourth-order valence-electron chi connectivity index (χ4n) is 7.94. The first-order chi connectivity index (χ1) is 29.0. The Hall–Kier alpha value is -5.93. The number of nitro groups is 1. The highest BCUT2D eigenvalue weighted by Gasteiger charge is 2.28.